The molecule has 0 amide bonds. The normalized spacial score (nSPS) is 21.4. The Kier molecular flexibility index (Phi) is 4.25. The van der Waals surface area contributed by atoms with Gasteiger partial charge in [-0.05, 0) is 37.4 Å². The zero-order chi connectivity index (χ0) is 15.7. The van der Waals surface area contributed by atoms with E-state index in [1.807, 2.05) is 52.7 Å². The molecule has 2 aromatic rings. The molecular formula is C16H16N2OS3. The van der Waals surface area contributed by atoms with Crippen LogP contribution in [0, 0.1) is 5.21 Å². The van der Waals surface area contributed by atoms with Crippen molar-refractivity contribution in [1.82, 2.24) is 0 Å². The Hall–Kier alpha value is -1.37. The van der Waals surface area contributed by atoms with Gasteiger partial charge in [0.15, 0.2) is 6.21 Å². The average Bonchev–Trinajstić information content (AvgIpc) is 3.04. The van der Waals surface area contributed by atoms with Gasteiger partial charge in [0.2, 0.25) is 0 Å². The van der Waals surface area contributed by atoms with Crippen molar-refractivity contribution in [3.8, 4) is 0 Å². The monoisotopic (exact) mass is 348 g/mol. The maximum absolute atomic E-state index is 12.8. The molecule has 0 aliphatic carbocycles. The molecular weight excluding hydrogens is 332 g/mol. The second-order valence-electron chi connectivity index (χ2n) is 5.56. The van der Waals surface area contributed by atoms with E-state index in [-0.39, 0.29) is 10.9 Å². The highest BCUT2D eigenvalue weighted by molar-refractivity contribution is 8.24. The van der Waals surface area contributed by atoms with E-state index < -0.39 is 0 Å². The van der Waals surface area contributed by atoms with E-state index in [1.165, 1.54) is 0 Å². The van der Waals surface area contributed by atoms with Crippen LogP contribution < -0.4 is 4.90 Å². The van der Waals surface area contributed by atoms with Crippen molar-refractivity contribution in [2.45, 2.75) is 24.8 Å². The number of hydrogen-bond donors (Lipinski definition) is 0. The van der Waals surface area contributed by atoms with E-state index in [9.17, 15) is 5.21 Å². The summed E-state index contributed by atoms with van der Waals surface area (Å²) in [6.45, 7) is 4.12. The highest BCUT2D eigenvalue weighted by Gasteiger charge is 2.51. The minimum absolute atomic E-state index is 0.289. The van der Waals surface area contributed by atoms with Crippen molar-refractivity contribution in [2.24, 2.45) is 0 Å². The number of hydroxylamine groups is 1. The zero-order valence-corrected chi connectivity index (χ0v) is 14.8. The van der Waals surface area contributed by atoms with Crippen LogP contribution in [0.3, 0.4) is 0 Å². The number of hydrogen-bond acceptors (Lipinski definition) is 4. The van der Waals surface area contributed by atoms with Crippen molar-refractivity contribution in [1.29, 1.82) is 0 Å². The molecule has 1 aliphatic heterocycles. The summed E-state index contributed by atoms with van der Waals surface area (Å²) in [5, 5.41) is 14.8. The van der Waals surface area contributed by atoms with Crippen molar-refractivity contribution in [2.75, 3.05) is 4.90 Å². The first-order chi connectivity index (χ1) is 10.5. The molecule has 0 bridgehead atoms. The fourth-order valence-electron chi connectivity index (χ4n) is 2.55. The van der Waals surface area contributed by atoms with Crippen LogP contribution in [-0.2, 0) is 0 Å². The summed E-state index contributed by atoms with van der Waals surface area (Å²) in [6.07, 6.45) is 1.29. The third-order valence-corrected chi connectivity index (χ3v) is 5.85. The van der Waals surface area contributed by atoms with Gasteiger partial charge in [-0.25, -0.2) is 0 Å². The van der Waals surface area contributed by atoms with Crippen molar-refractivity contribution >= 4 is 51.5 Å². The molecule has 0 radical (unpaired) electrons. The molecule has 2 heterocycles. The van der Waals surface area contributed by atoms with E-state index in [4.69, 9.17) is 12.2 Å². The first-order valence-electron chi connectivity index (χ1n) is 6.90. The van der Waals surface area contributed by atoms with Crippen LogP contribution in [0.5, 0.6) is 0 Å². The fraction of sp³-hybridized carbons (Fsp3) is 0.250. The van der Waals surface area contributed by atoms with Gasteiger partial charge in [0, 0.05) is 5.69 Å². The summed E-state index contributed by atoms with van der Waals surface area (Å²) in [4.78, 5) is 2.90. The molecule has 114 valence electrons. The summed E-state index contributed by atoms with van der Waals surface area (Å²) in [7, 11) is 0. The van der Waals surface area contributed by atoms with Crippen LogP contribution in [-0.4, -0.2) is 26.2 Å². The average molecular weight is 349 g/mol. The molecule has 6 heteroatoms. The summed E-state index contributed by atoms with van der Waals surface area (Å²) in [6, 6.07) is 13.7. The van der Waals surface area contributed by atoms with Crippen LogP contribution >= 0.6 is 35.3 Å². The Morgan fingerprint density at radius 1 is 1.23 bits per heavy atom. The van der Waals surface area contributed by atoms with E-state index in [2.05, 4.69) is 13.8 Å². The van der Waals surface area contributed by atoms with E-state index >= 15 is 0 Å². The Balaban J connectivity index is 2.03. The smallest absolute Gasteiger partial charge is 0.258 e. The number of rotatable bonds is 3. The molecule has 1 atom stereocenters. The van der Waals surface area contributed by atoms with Gasteiger partial charge in [0.1, 0.15) is 9.07 Å². The number of nitrogens with zero attached hydrogens (tertiary/aromatic N) is 2. The SMILES string of the molecule is CC1(C)SC(=S)N(c2ccccc2)[C@H]1/[N+]([O-])=C/c1cccs1. The molecule has 0 unspecified atom stereocenters. The third-order valence-electron chi connectivity index (χ3n) is 3.49. The predicted molar refractivity (Wildman–Crippen MR) is 100 cm³/mol. The zero-order valence-electron chi connectivity index (χ0n) is 12.3. The Bertz CT molecular complexity index is 695. The van der Waals surface area contributed by atoms with Crippen LogP contribution in [0.15, 0.2) is 47.8 Å². The maximum Gasteiger partial charge on any atom is 0.258 e. The van der Waals surface area contributed by atoms with E-state index in [0.29, 0.717) is 0 Å². The Morgan fingerprint density at radius 3 is 2.59 bits per heavy atom. The highest BCUT2D eigenvalue weighted by atomic mass is 32.2. The number of benzene rings is 1. The molecule has 3 nitrogen and oxygen atoms in total. The standard InChI is InChI=1S/C16H16N2OS3/c1-16(2)14(17(19)11-13-9-6-10-21-13)18(15(20)22-16)12-7-4-3-5-8-12/h3-11,14H,1-2H3/b17-11-/t14-/m1/s1. The highest BCUT2D eigenvalue weighted by Crippen LogP contribution is 2.43. The lowest BCUT2D eigenvalue weighted by Crippen LogP contribution is -2.48. The summed E-state index contributed by atoms with van der Waals surface area (Å²) in [5.41, 5.74) is 0.955. The molecule has 3 rings (SSSR count). The minimum atomic E-state index is -0.366. The molecule has 0 N–H and O–H groups in total. The van der Waals surface area contributed by atoms with Crippen molar-refractivity contribution in [3.63, 3.8) is 0 Å². The van der Waals surface area contributed by atoms with Gasteiger partial charge >= 0.3 is 0 Å². The topological polar surface area (TPSA) is 29.3 Å². The van der Waals surface area contributed by atoms with Crippen molar-refractivity contribution in [3.05, 3.63) is 57.9 Å². The van der Waals surface area contributed by atoms with E-state index in [0.717, 1.165) is 19.6 Å². The maximum atomic E-state index is 12.8. The molecule has 1 aromatic heterocycles. The van der Waals surface area contributed by atoms with Crippen LogP contribution in [0.25, 0.3) is 0 Å². The fourth-order valence-corrected chi connectivity index (χ4v) is 5.11. The third kappa shape index (κ3) is 2.91. The van der Waals surface area contributed by atoms with Gasteiger partial charge in [-0.1, -0.05) is 48.2 Å². The first-order valence-corrected chi connectivity index (χ1v) is 9.00. The number of anilines is 1. The van der Waals surface area contributed by atoms with Gasteiger partial charge in [-0.3, -0.25) is 4.90 Å². The molecule has 1 aromatic carbocycles. The quantitative estimate of drug-likeness (QED) is 0.272. The summed E-state index contributed by atoms with van der Waals surface area (Å²) < 4.78 is 1.48. The van der Waals surface area contributed by atoms with E-state index in [1.54, 1.807) is 29.3 Å². The van der Waals surface area contributed by atoms with Gasteiger partial charge < -0.3 is 5.21 Å². The molecule has 0 spiro atoms. The van der Waals surface area contributed by atoms with Crippen LogP contribution in [0.4, 0.5) is 5.69 Å². The van der Waals surface area contributed by atoms with Crippen LogP contribution in [0.2, 0.25) is 0 Å². The number of thiophene rings is 1. The molecule has 22 heavy (non-hydrogen) atoms. The Morgan fingerprint density at radius 2 is 1.95 bits per heavy atom. The second kappa shape index (κ2) is 6.02. The molecule has 0 saturated carbocycles. The van der Waals surface area contributed by atoms with Gasteiger partial charge in [-0.15, -0.1) is 11.3 Å². The van der Waals surface area contributed by atoms with Crippen LogP contribution in [0.1, 0.15) is 18.7 Å². The first kappa shape index (κ1) is 15.5. The predicted octanol–water partition coefficient (Wildman–Crippen LogP) is 4.32. The van der Waals surface area contributed by atoms with Gasteiger partial charge in [-0.2, -0.15) is 4.74 Å². The largest absolute Gasteiger partial charge is 0.622 e. The summed E-state index contributed by atoms with van der Waals surface area (Å²) in [5.74, 6) is 0. The molecule has 1 aliphatic rings. The van der Waals surface area contributed by atoms with Gasteiger partial charge in [0.25, 0.3) is 6.17 Å². The Labute approximate surface area is 143 Å². The lowest BCUT2D eigenvalue weighted by Gasteiger charge is -2.29. The number of thiocarbonyl (C=S) groups is 1. The lowest BCUT2D eigenvalue weighted by molar-refractivity contribution is -0.497. The molecule has 1 saturated heterocycles. The minimum Gasteiger partial charge on any atom is -0.622 e. The van der Waals surface area contributed by atoms with Gasteiger partial charge in [0.05, 0.1) is 4.88 Å². The van der Waals surface area contributed by atoms with Crippen molar-refractivity contribution < 1.29 is 4.74 Å². The molecule has 1 fully saturated rings. The number of para-hydroxylation sites is 1. The lowest BCUT2D eigenvalue weighted by atomic mass is 10.1. The summed E-state index contributed by atoms with van der Waals surface area (Å²) >= 11 is 8.65. The second-order valence-corrected chi connectivity index (χ2v) is 8.82. The number of thioether (sulfide) groups is 1.